The number of nitrogens with zero attached hydrogens (tertiary/aromatic N) is 2. The van der Waals surface area contributed by atoms with Crippen LogP contribution in [0.15, 0.2) is 42.7 Å². The molecule has 2 aromatic rings. The van der Waals surface area contributed by atoms with Crippen molar-refractivity contribution >= 4 is 11.6 Å². The number of amides is 1. The fourth-order valence-electron chi connectivity index (χ4n) is 2.67. The van der Waals surface area contributed by atoms with E-state index in [1.807, 2.05) is 36.5 Å². The molecular formula is C16H20N4O2. The Morgan fingerprint density at radius 3 is 2.64 bits per heavy atom. The maximum Gasteiger partial charge on any atom is 0.232 e. The monoisotopic (exact) mass is 300 g/mol. The maximum absolute atomic E-state index is 12.6. The summed E-state index contributed by atoms with van der Waals surface area (Å²) in [5.41, 5.74) is 7.05. The van der Waals surface area contributed by atoms with E-state index in [0.29, 0.717) is 32.6 Å². The van der Waals surface area contributed by atoms with Crippen LogP contribution in [-0.4, -0.2) is 35.4 Å². The number of hydrogen-bond acceptors (Lipinski definition) is 4. The van der Waals surface area contributed by atoms with Gasteiger partial charge in [-0.3, -0.25) is 4.79 Å². The van der Waals surface area contributed by atoms with Crippen LogP contribution in [0.3, 0.4) is 0 Å². The summed E-state index contributed by atoms with van der Waals surface area (Å²) in [6.45, 7) is 1.51. The molecule has 0 radical (unpaired) electrons. The number of carbonyl (C=O) groups excluding carboxylic acids is 1. The van der Waals surface area contributed by atoms with Crippen LogP contribution < -0.4 is 11.1 Å². The van der Waals surface area contributed by atoms with Gasteiger partial charge in [0.05, 0.1) is 11.1 Å². The lowest BCUT2D eigenvalue weighted by atomic mass is 9.79. The zero-order chi connectivity index (χ0) is 15.4. The quantitative estimate of drug-likeness (QED) is 0.898. The van der Waals surface area contributed by atoms with Crippen molar-refractivity contribution in [3.8, 4) is 5.69 Å². The predicted molar refractivity (Wildman–Crippen MR) is 83.7 cm³/mol. The van der Waals surface area contributed by atoms with E-state index in [4.69, 9.17) is 10.5 Å². The number of benzene rings is 1. The van der Waals surface area contributed by atoms with Gasteiger partial charge in [-0.05, 0) is 43.2 Å². The van der Waals surface area contributed by atoms with Gasteiger partial charge in [0.25, 0.3) is 0 Å². The lowest BCUT2D eigenvalue weighted by molar-refractivity contribution is -0.130. The normalized spacial score (nSPS) is 17.1. The predicted octanol–water partition coefficient (Wildman–Crippen LogP) is 1.57. The fourth-order valence-corrected chi connectivity index (χ4v) is 2.67. The van der Waals surface area contributed by atoms with Crippen molar-refractivity contribution in [1.29, 1.82) is 0 Å². The summed E-state index contributed by atoms with van der Waals surface area (Å²) in [5, 5.41) is 7.15. The van der Waals surface area contributed by atoms with E-state index in [1.54, 1.807) is 10.9 Å². The molecule has 1 aliphatic rings. The first-order valence-electron chi connectivity index (χ1n) is 7.43. The van der Waals surface area contributed by atoms with Gasteiger partial charge >= 0.3 is 0 Å². The van der Waals surface area contributed by atoms with Crippen molar-refractivity contribution in [1.82, 2.24) is 9.78 Å². The zero-order valence-corrected chi connectivity index (χ0v) is 12.4. The van der Waals surface area contributed by atoms with E-state index in [9.17, 15) is 4.79 Å². The molecule has 0 bridgehead atoms. The molecular weight excluding hydrogens is 280 g/mol. The molecule has 3 rings (SSSR count). The van der Waals surface area contributed by atoms with Gasteiger partial charge in [-0.25, -0.2) is 4.68 Å². The number of anilines is 1. The Hall–Kier alpha value is -2.18. The minimum absolute atomic E-state index is 0.0230. The molecule has 0 atom stereocenters. The minimum Gasteiger partial charge on any atom is -0.381 e. The molecule has 22 heavy (non-hydrogen) atoms. The Kier molecular flexibility index (Phi) is 4.22. The standard InChI is InChI=1S/C16H20N4O2/c17-12-16(6-10-22-11-7-16)15(21)19-13-2-4-14(5-3-13)20-9-1-8-18-20/h1-5,8-9H,6-7,10-12,17H2,(H,19,21). The van der Waals surface area contributed by atoms with Gasteiger partial charge in [0.2, 0.25) is 5.91 Å². The van der Waals surface area contributed by atoms with E-state index < -0.39 is 5.41 Å². The highest BCUT2D eigenvalue weighted by atomic mass is 16.5. The third-order valence-corrected chi connectivity index (χ3v) is 4.22. The summed E-state index contributed by atoms with van der Waals surface area (Å²) in [4.78, 5) is 12.6. The molecule has 1 aromatic carbocycles. The lowest BCUT2D eigenvalue weighted by Crippen LogP contribution is -2.46. The average molecular weight is 300 g/mol. The Morgan fingerprint density at radius 1 is 1.32 bits per heavy atom. The minimum atomic E-state index is -0.515. The number of rotatable bonds is 4. The second-order valence-corrected chi connectivity index (χ2v) is 5.55. The average Bonchev–Trinajstić information content (AvgIpc) is 3.10. The van der Waals surface area contributed by atoms with E-state index in [1.165, 1.54) is 0 Å². The third-order valence-electron chi connectivity index (χ3n) is 4.22. The molecule has 1 saturated heterocycles. The lowest BCUT2D eigenvalue weighted by Gasteiger charge is -2.34. The molecule has 0 aliphatic carbocycles. The van der Waals surface area contributed by atoms with Gasteiger partial charge < -0.3 is 15.8 Å². The van der Waals surface area contributed by atoms with Crippen LogP contribution in [0.5, 0.6) is 0 Å². The molecule has 1 fully saturated rings. The summed E-state index contributed by atoms with van der Waals surface area (Å²) >= 11 is 0. The van der Waals surface area contributed by atoms with Gasteiger partial charge in [-0.2, -0.15) is 5.10 Å². The summed E-state index contributed by atoms with van der Waals surface area (Å²) in [7, 11) is 0. The summed E-state index contributed by atoms with van der Waals surface area (Å²) in [5.74, 6) is -0.0230. The first-order valence-corrected chi connectivity index (χ1v) is 7.43. The van der Waals surface area contributed by atoms with Crippen LogP contribution in [0.1, 0.15) is 12.8 Å². The van der Waals surface area contributed by atoms with Gasteiger partial charge in [0.15, 0.2) is 0 Å². The van der Waals surface area contributed by atoms with Gasteiger partial charge in [-0.1, -0.05) is 0 Å². The van der Waals surface area contributed by atoms with Gasteiger partial charge in [0, 0.05) is 37.8 Å². The third kappa shape index (κ3) is 2.88. The smallest absolute Gasteiger partial charge is 0.232 e. The molecule has 6 nitrogen and oxygen atoms in total. The maximum atomic E-state index is 12.6. The Bertz CT molecular complexity index is 616. The van der Waals surface area contributed by atoms with Crippen molar-refractivity contribution in [2.24, 2.45) is 11.1 Å². The first-order chi connectivity index (χ1) is 10.7. The SMILES string of the molecule is NCC1(C(=O)Nc2ccc(-n3cccn3)cc2)CCOCC1. The van der Waals surface area contributed by atoms with Crippen LogP contribution in [0.4, 0.5) is 5.69 Å². The topological polar surface area (TPSA) is 82.2 Å². The van der Waals surface area contributed by atoms with Crippen LogP contribution in [0.25, 0.3) is 5.69 Å². The number of aromatic nitrogens is 2. The largest absolute Gasteiger partial charge is 0.381 e. The van der Waals surface area contributed by atoms with Crippen molar-refractivity contribution in [3.05, 3.63) is 42.7 Å². The molecule has 0 saturated carbocycles. The molecule has 6 heteroatoms. The number of carbonyl (C=O) groups is 1. The molecule has 1 amide bonds. The van der Waals surface area contributed by atoms with Crippen molar-refractivity contribution in [3.63, 3.8) is 0 Å². The van der Waals surface area contributed by atoms with Crippen LogP contribution in [-0.2, 0) is 9.53 Å². The number of nitrogens with two attached hydrogens (primary N) is 1. The first kappa shape index (κ1) is 14.7. The zero-order valence-electron chi connectivity index (χ0n) is 12.4. The summed E-state index contributed by atoms with van der Waals surface area (Å²) < 4.78 is 7.11. The molecule has 2 heterocycles. The molecule has 0 spiro atoms. The second kappa shape index (κ2) is 6.29. The van der Waals surface area contributed by atoms with E-state index >= 15 is 0 Å². The number of hydrogen-bond donors (Lipinski definition) is 2. The van der Waals surface area contributed by atoms with Gasteiger partial charge in [0.1, 0.15) is 0 Å². The van der Waals surface area contributed by atoms with Crippen LogP contribution >= 0.6 is 0 Å². The van der Waals surface area contributed by atoms with Crippen molar-refractivity contribution < 1.29 is 9.53 Å². The highest BCUT2D eigenvalue weighted by Gasteiger charge is 2.38. The molecule has 1 aromatic heterocycles. The van der Waals surface area contributed by atoms with Crippen molar-refractivity contribution in [2.45, 2.75) is 12.8 Å². The highest BCUT2D eigenvalue weighted by Crippen LogP contribution is 2.31. The van der Waals surface area contributed by atoms with E-state index in [2.05, 4.69) is 10.4 Å². The molecule has 0 unspecified atom stereocenters. The number of ether oxygens (including phenoxy) is 1. The Morgan fingerprint density at radius 2 is 2.05 bits per heavy atom. The van der Waals surface area contributed by atoms with Crippen molar-refractivity contribution in [2.75, 3.05) is 25.1 Å². The second-order valence-electron chi connectivity index (χ2n) is 5.55. The summed E-state index contributed by atoms with van der Waals surface area (Å²) in [6.07, 6.45) is 4.94. The Labute approximate surface area is 129 Å². The molecule has 3 N–H and O–H groups in total. The Balaban J connectivity index is 1.71. The molecule has 1 aliphatic heterocycles. The summed E-state index contributed by atoms with van der Waals surface area (Å²) in [6, 6.07) is 9.45. The van der Waals surface area contributed by atoms with Crippen LogP contribution in [0.2, 0.25) is 0 Å². The van der Waals surface area contributed by atoms with E-state index in [-0.39, 0.29) is 5.91 Å². The molecule has 116 valence electrons. The number of nitrogens with one attached hydrogen (secondary N) is 1. The van der Waals surface area contributed by atoms with E-state index in [0.717, 1.165) is 11.4 Å². The van der Waals surface area contributed by atoms with Gasteiger partial charge in [-0.15, -0.1) is 0 Å². The highest BCUT2D eigenvalue weighted by molar-refractivity contribution is 5.95. The fraction of sp³-hybridized carbons (Fsp3) is 0.375. The van der Waals surface area contributed by atoms with Crippen LogP contribution in [0, 0.1) is 5.41 Å².